The maximum atomic E-state index is 13.4. The van der Waals surface area contributed by atoms with Crippen molar-refractivity contribution in [1.82, 2.24) is 9.36 Å². The van der Waals surface area contributed by atoms with Crippen LogP contribution in [-0.2, 0) is 21.8 Å². The maximum Gasteiger partial charge on any atom is 0.338 e. The van der Waals surface area contributed by atoms with E-state index in [1.165, 1.54) is 21.5 Å². The number of para-hydroxylation sites is 1. The number of halogens is 1. The Labute approximate surface area is 240 Å². The van der Waals surface area contributed by atoms with Crippen LogP contribution in [0.1, 0.15) is 26.4 Å². The molecule has 0 unspecified atom stereocenters. The van der Waals surface area contributed by atoms with E-state index in [1.807, 2.05) is 24.3 Å². The van der Waals surface area contributed by atoms with Crippen molar-refractivity contribution in [2.24, 2.45) is 7.05 Å². The topological polar surface area (TPSA) is 116 Å². The molecule has 208 valence electrons. The fourth-order valence-electron chi connectivity index (χ4n) is 4.47. The minimum Gasteiger partial charge on any atom is -0.454 e. The highest BCUT2D eigenvalue weighted by atomic mass is 35.5. The number of benzene rings is 4. The van der Waals surface area contributed by atoms with E-state index >= 15 is 0 Å². The monoisotopic (exact) mass is 589 g/mol. The van der Waals surface area contributed by atoms with Gasteiger partial charge in [0.1, 0.15) is 10.6 Å². The zero-order valence-electron chi connectivity index (χ0n) is 22.0. The molecule has 11 heteroatoms. The third kappa shape index (κ3) is 5.39. The molecule has 0 aliphatic carbocycles. The quantitative estimate of drug-likeness (QED) is 0.198. The third-order valence-corrected chi connectivity index (χ3v) is 8.50. The first kappa shape index (κ1) is 27.9. The number of sulfonamides is 1. The lowest BCUT2D eigenvalue weighted by molar-refractivity contribution is 0.0475. The highest BCUT2D eigenvalue weighted by molar-refractivity contribution is 7.92. The first-order chi connectivity index (χ1) is 19.6. The molecule has 0 radical (unpaired) electrons. The third-order valence-electron chi connectivity index (χ3n) is 6.67. The number of anilines is 1. The predicted octanol–water partition coefficient (Wildman–Crippen LogP) is 5.13. The summed E-state index contributed by atoms with van der Waals surface area (Å²) < 4.78 is 37.2. The van der Waals surface area contributed by atoms with Crippen molar-refractivity contribution in [2.75, 3.05) is 11.3 Å². The van der Waals surface area contributed by atoms with E-state index in [0.29, 0.717) is 16.9 Å². The second-order valence-corrected chi connectivity index (χ2v) is 11.3. The van der Waals surface area contributed by atoms with Crippen LogP contribution in [0.5, 0.6) is 0 Å². The van der Waals surface area contributed by atoms with Gasteiger partial charge >= 0.3 is 5.97 Å². The number of nitrogens with one attached hydrogen (secondary N) is 1. The molecule has 0 aliphatic heterocycles. The van der Waals surface area contributed by atoms with E-state index in [0.717, 1.165) is 16.8 Å². The Hall–Kier alpha value is -4.67. The molecule has 0 atom stereocenters. The van der Waals surface area contributed by atoms with Crippen molar-refractivity contribution in [3.05, 3.63) is 123 Å². The van der Waals surface area contributed by atoms with Gasteiger partial charge in [-0.3, -0.25) is 19.0 Å². The van der Waals surface area contributed by atoms with Crippen LogP contribution in [0.2, 0.25) is 5.02 Å². The van der Waals surface area contributed by atoms with Gasteiger partial charge in [0, 0.05) is 12.6 Å². The molecule has 5 aromatic rings. The molecule has 41 heavy (non-hydrogen) atoms. The summed E-state index contributed by atoms with van der Waals surface area (Å²) in [6.07, 6.45) is 0. The Bertz CT molecular complexity index is 1980. The average molecular weight is 590 g/mol. The van der Waals surface area contributed by atoms with Crippen LogP contribution < -0.4 is 10.3 Å². The molecule has 4 aromatic carbocycles. The molecular weight excluding hydrogens is 566 g/mol. The van der Waals surface area contributed by atoms with Gasteiger partial charge in [-0.2, -0.15) is 0 Å². The number of rotatable bonds is 8. The van der Waals surface area contributed by atoms with Gasteiger partial charge in [0.2, 0.25) is 5.78 Å². The number of ketones is 1. The molecule has 1 aromatic heterocycles. The normalized spacial score (nSPS) is 11.4. The standard InChI is InChI=1S/C30H24ClN3O6S/c1-19-28(29(36)34(33(19)2)22-11-4-3-5-12-22)32-41(38,39)27-17-21(15-16-25(27)31)30(37)40-18-26(35)24-14-8-10-20-9-6-7-13-23(20)24/h3-17,32H,18H2,1-2H3. The number of Topliss-reactive ketones (excluding diaryl/α,β-unsaturated/α-hetero) is 1. The van der Waals surface area contributed by atoms with Crippen molar-refractivity contribution in [3.63, 3.8) is 0 Å². The number of carbonyl (C=O) groups is 2. The van der Waals surface area contributed by atoms with Crippen molar-refractivity contribution in [1.29, 1.82) is 0 Å². The van der Waals surface area contributed by atoms with Gasteiger partial charge < -0.3 is 4.74 Å². The Balaban J connectivity index is 1.38. The zero-order chi connectivity index (χ0) is 29.3. The predicted molar refractivity (Wildman–Crippen MR) is 157 cm³/mol. The average Bonchev–Trinajstić information content (AvgIpc) is 3.18. The summed E-state index contributed by atoms with van der Waals surface area (Å²) in [5.41, 5.74) is 0.431. The molecule has 0 spiro atoms. The van der Waals surface area contributed by atoms with Crippen molar-refractivity contribution >= 4 is 49.8 Å². The van der Waals surface area contributed by atoms with E-state index < -0.39 is 38.8 Å². The minimum atomic E-state index is -4.41. The SMILES string of the molecule is Cc1c(NS(=O)(=O)c2cc(C(=O)OCC(=O)c3cccc4ccccc34)ccc2Cl)c(=O)n(-c2ccccc2)n1C. The molecule has 0 bridgehead atoms. The van der Waals surface area contributed by atoms with E-state index in [-0.39, 0.29) is 16.3 Å². The Morgan fingerprint density at radius 3 is 2.37 bits per heavy atom. The Morgan fingerprint density at radius 2 is 1.61 bits per heavy atom. The van der Waals surface area contributed by atoms with Crippen LogP contribution in [-0.4, -0.2) is 36.1 Å². The van der Waals surface area contributed by atoms with Gasteiger partial charge in [-0.1, -0.05) is 72.3 Å². The van der Waals surface area contributed by atoms with E-state index in [2.05, 4.69) is 4.72 Å². The summed E-state index contributed by atoms with van der Waals surface area (Å²) in [6, 6.07) is 24.9. The van der Waals surface area contributed by atoms with Crippen LogP contribution >= 0.6 is 11.6 Å². The molecule has 0 saturated heterocycles. The highest BCUT2D eigenvalue weighted by Gasteiger charge is 2.26. The van der Waals surface area contributed by atoms with E-state index in [9.17, 15) is 22.8 Å². The number of aromatic nitrogens is 2. The molecular formula is C30H24ClN3O6S. The number of esters is 1. The molecule has 1 N–H and O–H groups in total. The number of fused-ring (bicyclic) bond motifs is 1. The molecule has 0 fully saturated rings. The zero-order valence-corrected chi connectivity index (χ0v) is 23.6. The Morgan fingerprint density at radius 1 is 0.927 bits per heavy atom. The van der Waals surface area contributed by atoms with E-state index in [4.69, 9.17) is 16.3 Å². The van der Waals surface area contributed by atoms with Crippen LogP contribution in [0.25, 0.3) is 16.5 Å². The molecule has 0 amide bonds. The van der Waals surface area contributed by atoms with Gasteiger partial charge in [0.05, 0.1) is 22.0 Å². The number of hydrogen-bond donors (Lipinski definition) is 1. The van der Waals surface area contributed by atoms with Crippen LogP contribution in [0.3, 0.4) is 0 Å². The number of nitrogens with zero attached hydrogens (tertiary/aromatic N) is 2. The summed E-state index contributed by atoms with van der Waals surface area (Å²) in [7, 11) is -2.78. The van der Waals surface area contributed by atoms with Gasteiger partial charge in [0.25, 0.3) is 15.6 Å². The summed E-state index contributed by atoms with van der Waals surface area (Å²) in [4.78, 5) is 38.4. The molecule has 1 heterocycles. The lowest BCUT2D eigenvalue weighted by Gasteiger charge is -2.11. The summed E-state index contributed by atoms with van der Waals surface area (Å²) in [6.45, 7) is 1.05. The van der Waals surface area contributed by atoms with Crippen LogP contribution in [0.15, 0.2) is 101 Å². The summed E-state index contributed by atoms with van der Waals surface area (Å²) in [5, 5.41) is 1.43. The van der Waals surface area contributed by atoms with Crippen LogP contribution in [0.4, 0.5) is 5.69 Å². The summed E-state index contributed by atoms with van der Waals surface area (Å²) >= 11 is 6.21. The number of ether oxygens (including phenoxy) is 1. The maximum absolute atomic E-state index is 13.4. The Kier molecular flexibility index (Phi) is 7.53. The van der Waals surface area contributed by atoms with Gasteiger partial charge in [0.15, 0.2) is 6.61 Å². The van der Waals surface area contributed by atoms with Gasteiger partial charge in [-0.25, -0.2) is 17.9 Å². The van der Waals surface area contributed by atoms with Crippen molar-refractivity contribution in [2.45, 2.75) is 11.8 Å². The van der Waals surface area contributed by atoms with Gasteiger partial charge in [-0.15, -0.1) is 0 Å². The highest BCUT2D eigenvalue weighted by Crippen LogP contribution is 2.26. The first-order valence-electron chi connectivity index (χ1n) is 12.4. The lowest BCUT2D eigenvalue weighted by Crippen LogP contribution is -2.23. The van der Waals surface area contributed by atoms with E-state index in [1.54, 1.807) is 62.5 Å². The fraction of sp³-hybridized carbons (Fsp3) is 0.100. The second kappa shape index (κ2) is 11.1. The summed E-state index contributed by atoms with van der Waals surface area (Å²) in [5.74, 6) is -1.32. The molecule has 9 nitrogen and oxygen atoms in total. The van der Waals surface area contributed by atoms with Crippen LogP contribution in [0, 0.1) is 6.92 Å². The van der Waals surface area contributed by atoms with Crippen molar-refractivity contribution < 1.29 is 22.7 Å². The minimum absolute atomic E-state index is 0.132. The lowest BCUT2D eigenvalue weighted by atomic mass is 10.0. The number of carbonyl (C=O) groups excluding carboxylic acids is 2. The number of hydrogen-bond acceptors (Lipinski definition) is 6. The van der Waals surface area contributed by atoms with Crippen molar-refractivity contribution in [3.8, 4) is 5.69 Å². The fourth-order valence-corrected chi connectivity index (χ4v) is 6.12. The second-order valence-electron chi connectivity index (χ2n) is 9.21. The molecule has 0 saturated carbocycles. The molecule has 0 aliphatic rings. The smallest absolute Gasteiger partial charge is 0.338 e. The van der Waals surface area contributed by atoms with Gasteiger partial charge in [-0.05, 0) is 48.0 Å². The molecule has 5 rings (SSSR count). The first-order valence-corrected chi connectivity index (χ1v) is 14.3. The largest absolute Gasteiger partial charge is 0.454 e.